The number of ketones is 1. The molecule has 0 fully saturated rings. The second-order valence-electron chi connectivity index (χ2n) is 7.08. The summed E-state index contributed by atoms with van der Waals surface area (Å²) in [5, 5.41) is 2.46. The van der Waals surface area contributed by atoms with Crippen LogP contribution in [0.25, 0.3) is 10.2 Å². The summed E-state index contributed by atoms with van der Waals surface area (Å²) in [5.41, 5.74) is 2.91. The van der Waals surface area contributed by atoms with Gasteiger partial charge in [0.15, 0.2) is 10.1 Å². The van der Waals surface area contributed by atoms with Crippen LogP contribution in [0.4, 0.5) is 5.69 Å². The van der Waals surface area contributed by atoms with Gasteiger partial charge in [0.25, 0.3) is 0 Å². The lowest BCUT2D eigenvalue weighted by molar-refractivity contribution is -0.115. The average Bonchev–Trinajstić information content (AvgIpc) is 3.20. The monoisotopic (exact) mass is 462 g/mol. The first-order valence-electron chi connectivity index (χ1n) is 10.2. The number of thioether (sulfide) groups is 1. The molecule has 4 rings (SSSR count). The maximum atomic E-state index is 13.3. The van der Waals surface area contributed by atoms with Crippen molar-refractivity contribution in [1.82, 2.24) is 4.98 Å². The second kappa shape index (κ2) is 9.97. The lowest BCUT2D eigenvalue weighted by atomic mass is 10.1. The number of carbonyl (C=O) groups is 2. The smallest absolute Gasteiger partial charge is 0.242 e. The number of thiazole rings is 1. The Kier molecular flexibility index (Phi) is 6.87. The third-order valence-corrected chi connectivity index (χ3v) is 7.11. The minimum Gasteiger partial charge on any atom is -0.494 e. The molecular weight excluding hydrogens is 440 g/mol. The van der Waals surface area contributed by atoms with Gasteiger partial charge in [0.2, 0.25) is 5.91 Å². The van der Waals surface area contributed by atoms with Crippen LogP contribution in [0.15, 0.2) is 77.1 Å². The Hall–Kier alpha value is -3.16. The summed E-state index contributed by atoms with van der Waals surface area (Å²) in [6.07, 6.45) is 0. The highest BCUT2D eigenvalue weighted by Gasteiger charge is 2.24. The van der Waals surface area contributed by atoms with Gasteiger partial charge in [-0.3, -0.25) is 9.59 Å². The molecule has 1 atom stereocenters. The number of hydrogen-bond donors (Lipinski definition) is 1. The topological polar surface area (TPSA) is 68.3 Å². The van der Waals surface area contributed by atoms with Gasteiger partial charge in [-0.2, -0.15) is 0 Å². The molecule has 1 N–H and O–H groups in total. The number of ether oxygens (including phenoxy) is 1. The molecule has 0 bridgehead atoms. The maximum Gasteiger partial charge on any atom is 0.242 e. The summed E-state index contributed by atoms with van der Waals surface area (Å²) < 4.78 is 7.40. The molecule has 0 saturated carbocycles. The van der Waals surface area contributed by atoms with Crippen molar-refractivity contribution in [3.05, 3.63) is 83.9 Å². The Bertz CT molecular complexity index is 1250. The third kappa shape index (κ3) is 5.18. The molecule has 0 aliphatic carbocycles. The van der Waals surface area contributed by atoms with Crippen molar-refractivity contribution < 1.29 is 14.3 Å². The number of fused-ring (bicyclic) bond motifs is 1. The van der Waals surface area contributed by atoms with Gasteiger partial charge >= 0.3 is 0 Å². The normalized spacial score (nSPS) is 11.8. The molecule has 0 spiro atoms. The highest BCUT2D eigenvalue weighted by atomic mass is 32.2. The molecule has 1 amide bonds. The van der Waals surface area contributed by atoms with E-state index >= 15 is 0 Å². The Morgan fingerprint density at radius 2 is 1.88 bits per heavy atom. The van der Waals surface area contributed by atoms with Gasteiger partial charge in [-0.05, 0) is 49.7 Å². The number of anilines is 1. The van der Waals surface area contributed by atoms with Crippen LogP contribution in [0.2, 0.25) is 0 Å². The summed E-state index contributed by atoms with van der Waals surface area (Å²) in [7, 11) is 0. The Morgan fingerprint density at radius 3 is 2.62 bits per heavy atom. The molecule has 5 nitrogen and oxygen atoms in total. The van der Waals surface area contributed by atoms with E-state index in [2.05, 4.69) is 5.32 Å². The van der Waals surface area contributed by atoms with Gasteiger partial charge in [-0.1, -0.05) is 54.2 Å². The Balaban J connectivity index is 1.61. The van der Waals surface area contributed by atoms with Crippen LogP contribution in [0.3, 0.4) is 0 Å². The van der Waals surface area contributed by atoms with Crippen LogP contribution in [0.5, 0.6) is 5.75 Å². The van der Waals surface area contributed by atoms with Crippen LogP contribution >= 0.6 is 23.1 Å². The quantitative estimate of drug-likeness (QED) is 0.243. The number of benzene rings is 3. The van der Waals surface area contributed by atoms with Crippen molar-refractivity contribution in [3.63, 3.8) is 0 Å². The van der Waals surface area contributed by atoms with Gasteiger partial charge in [0.05, 0.1) is 16.8 Å². The summed E-state index contributed by atoms with van der Waals surface area (Å²) in [5.74, 6) is 0.593. The predicted octanol–water partition coefficient (Wildman–Crippen LogP) is 6.37. The zero-order valence-electron chi connectivity index (χ0n) is 17.7. The molecule has 1 heterocycles. The van der Waals surface area contributed by atoms with Crippen LogP contribution in [-0.4, -0.2) is 23.3 Å². The number of carbonyl (C=O) groups excluding carboxylic acids is 2. The number of hydrogen-bond acceptors (Lipinski definition) is 6. The first-order valence-corrected chi connectivity index (χ1v) is 11.9. The largest absolute Gasteiger partial charge is 0.494 e. The molecule has 0 aliphatic rings. The molecular formula is C25H22N2O3S2. The fourth-order valence-corrected chi connectivity index (χ4v) is 5.50. The fourth-order valence-electron chi connectivity index (χ4n) is 3.22. The van der Waals surface area contributed by atoms with E-state index in [1.807, 2.05) is 55.5 Å². The van der Waals surface area contributed by atoms with Crippen molar-refractivity contribution in [2.45, 2.75) is 23.4 Å². The molecule has 0 unspecified atom stereocenters. The molecule has 4 aromatic rings. The minimum absolute atomic E-state index is 0.0454. The predicted molar refractivity (Wildman–Crippen MR) is 131 cm³/mol. The zero-order chi connectivity index (χ0) is 22.5. The summed E-state index contributed by atoms with van der Waals surface area (Å²) in [4.78, 5) is 29.7. The number of nitrogens with one attached hydrogen (secondary N) is 1. The van der Waals surface area contributed by atoms with Crippen LogP contribution in [0.1, 0.15) is 35.0 Å². The highest BCUT2D eigenvalue weighted by molar-refractivity contribution is 8.02. The van der Waals surface area contributed by atoms with E-state index in [1.165, 1.54) is 30.0 Å². The lowest BCUT2D eigenvalue weighted by Gasteiger charge is -2.16. The van der Waals surface area contributed by atoms with Gasteiger partial charge in [0, 0.05) is 11.3 Å². The molecule has 0 aliphatic heterocycles. The van der Waals surface area contributed by atoms with Crippen LogP contribution in [0, 0.1) is 0 Å². The van der Waals surface area contributed by atoms with Crippen molar-refractivity contribution >= 4 is 50.7 Å². The molecule has 32 heavy (non-hydrogen) atoms. The molecule has 0 saturated heterocycles. The van der Waals surface area contributed by atoms with Crippen molar-refractivity contribution in [1.29, 1.82) is 0 Å². The van der Waals surface area contributed by atoms with Crippen molar-refractivity contribution in [3.8, 4) is 5.75 Å². The van der Waals surface area contributed by atoms with E-state index in [1.54, 1.807) is 24.3 Å². The second-order valence-corrected chi connectivity index (χ2v) is 9.46. The number of Topliss-reactive ketones (excluding diaryl/α,β-unsaturated/α-hetero) is 1. The first-order chi connectivity index (χ1) is 15.5. The molecule has 3 aromatic carbocycles. The lowest BCUT2D eigenvalue weighted by Crippen LogP contribution is -2.19. The van der Waals surface area contributed by atoms with E-state index in [0.29, 0.717) is 17.9 Å². The number of rotatable bonds is 8. The van der Waals surface area contributed by atoms with E-state index in [-0.39, 0.29) is 11.7 Å². The van der Waals surface area contributed by atoms with Gasteiger partial charge < -0.3 is 10.1 Å². The molecule has 162 valence electrons. The maximum absolute atomic E-state index is 13.3. The standard InChI is InChI=1S/C25H22N2O3S2/c1-3-30-20-12-13-21-22(15-20)31-25(27-21)32-23(17-8-5-4-6-9-17)24(29)26-19-11-7-10-18(14-19)16(2)28/h4-15,23H,3H2,1-2H3,(H,26,29)/t23-/m1/s1. The third-order valence-electron chi connectivity index (χ3n) is 4.75. The Labute approximate surface area is 194 Å². The summed E-state index contributed by atoms with van der Waals surface area (Å²) in [6, 6.07) is 22.4. The number of amides is 1. The van der Waals surface area contributed by atoms with E-state index in [4.69, 9.17) is 9.72 Å². The van der Waals surface area contributed by atoms with E-state index < -0.39 is 5.25 Å². The Morgan fingerprint density at radius 1 is 1.06 bits per heavy atom. The summed E-state index contributed by atoms with van der Waals surface area (Å²) in [6.45, 7) is 4.06. The zero-order valence-corrected chi connectivity index (χ0v) is 19.3. The van der Waals surface area contributed by atoms with E-state index in [0.717, 1.165) is 25.9 Å². The number of aromatic nitrogens is 1. The fraction of sp³-hybridized carbons (Fsp3) is 0.160. The van der Waals surface area contributed by atoms with Crippen LogP contribution in [-0.2, 0) is 4.79 Å². The van der Waals surface area contributed by atoms with Crippen molar-refractivity contribution in [2.75, 3.05) is 11.9 Å². The molecule has 7 heteroatoms. The highest BCUT2D eigenvalue weighted by Crippen LogP contribution is 2.40. The van der Waals surface area contributed by atoms with Gasteiger partial charge in [0.1, 0.15) is 11.0 Å². The van der Waals surface area contributed by atoms with Crippen molar-refractivity contribution in [2.24, 2.45) is 0 Å². The number of nitrogens with zero attached hydrogens (tertiary/aromatic N) is 1. The SMILES string of the molecule is CCOc1ccc2nc(S[C@@H](C(=O)Nc3cccc(C(C)=O)c3)c3ccccc3)sc2c1. The van der Waals surface area contributed by atoms with Gasteiger partial charge in [-0.15, -0.1) is 11.3 Å². The summed E-state index contributed by atoms with van der Waals surface area (Å²) >= 11 is 2.95. The first kappa shape index (κ1) is 22.0. The average molecular weight is 463 g/mol. The van der Waals surface area contributed by atoms with Crippen LogP contribution < -0.4 is 10.1 Å². The minimum atomic E-state index is -0.496. The molecule has 1 aromatic heterocycles. The molecule has 0 radical (unpaired) electrons. The van der Waals surface area contributed by atoms with Gasteiger partial charge in [-0.25, -0.2) is 4.98 Å². The van der Waals surface area contributed by atoms with E-state index in [9.17, 15) is 9.59 Å².